The van der Waals surface area contributed by atoms with E-state index in [0.717, 1.165) is 18.5 Å². The van der Waals surface area contributed by atoms with Gasteiger partial charge in [0.15, 0.2) is 0 Å². The Kier molecular flexibility index (Phi) is 40.1. The van der Waals surface area contributed by atoms with Gasteiger partial charge in [0.25, 0.3) is 11.8 Å². The number of hydroxylamine groups is 2. The Balaban J connectivity index is 0.000000676. The molecule has 57 heavy (non-hydrogen) atoms. The van der Waals surface area contributed by atoms with Crippen molar-refractivity contribution in [3.63, 3.8) is 0 Å². The van der Waals surface area contributed by atoms with E-state index in [1.807, 2.05) is 29.1 Å². The van der Waals surface area contributed by atoms with Gasteiger partial charge in [-0.2, -0.15) is 5.06 Å². The summed E-state index contributed by atoms with van der Waals surface area (Å²) in [7, 11) is 3.61. The predicted octanol–water partition coefficient (Wildman–Crippen LogP) is 15.4. The maximum atomic E-state index is 10.2. The number of hydrogen-bond acceptors (Lipinski definition) is 10. The summed E-state index contributed by atoms with van der Waals surface area (Å²) in [4.78, 5) is 29.3. The summed E-state index contributed by atoms with van der Waals surface area (Å²) in [6.07, 6.45) is 49.7. The molecule has 2 aliphatic rings. The molecule has 1 aromatic heterocycles. The molecule has 0 radical (unpaired) electrons. The highest BCUT2D eigenvalue weighted by Crippen LogP contribution is 2.44. The molecule has 3 rings (SSSR count). The first kappa shape index (κ1) is 53.5. The molecule has 1 saturated heterocycles. The second-order valence-electron chi connectivity index (χ2n) is 15.7. The number of aromatic nitrogens is 1. The van der Waals surface area contributed by atoms with Crippen molar-refractivity contribution in [3.05, 3.63) is 41.6 Å². The lowest BCUT2D eigenvalue weighted by molar-refractivity contribution is -0.623. The molecule has 1 atom stereocenters. The average molecular weight is 839 g/mol. The SMILES string of the molecule is C1=CC(c2ccccn2)SS1.CCCCCCCCCCCCCCCCCCCCCCCCCCCCCCCCCCOOOO.O=C1CCC(=O)N1O. The molecule has 2 N–H and O–H groups in total. The normalized spacial score (nSPS) is 14.9. The van der Waals surface area contributed by atoms with Crippen LogP contribution in [0.4, 0.5) is 0 Å². The quantitative estimate of drug-likeness (QED) is 0.0169. The van der Waals surface area contributed by atoms with Crippen molar-refractivity contribution in [1.82, 2.24) is 10.0 Å². The van der Waals surface area contributed by atoms with Crippen LogP contribution in [0.5, 0.6) is 0 Å². The molecule has 2 aliphatic heterocycles. The van der Waals surface area contributed by atoms with E-state index in [2.05, 4.69) is 44.4 Å². The second kappa shape index (κ2) is 42.6. The van der Waals surface area contributed by atoms with Crippen LogP contribution in [0.15, 0.2) is 35.9 Å². The predicted molar refractivity (Wildman–Crippen MR) is 238 cm³/mol. The van der Waals surface area contributed by atoms with Gasteiger partial charge in [-0.1, -0.05) is 240 Å². The molecule has 2 amide bonds. The fraction of sp³-hybridized carbons (Fsp3) is 0.804. The van der Waals surface area contributed by atoms with Crippen LogP contribution in [0.1, 0.15) is 236 Å². The van der Waals surface area contributed by atoms with Crippen molar-refractivity contribution >= 4 is 33.4 Å². The molecule has 1 unspecified atom stereocenters. The molecule has 0 aromatic carbocycles. The van der Waals surface area contributed by atoms with Crippen molar-refractivity contribution in [2.75, 3.05) is 6.61 Å². The zero-order valence-electron chi connectivity index (χ0n) is 35.9. The Bertz CT molecular complexity index is 1000. The van der Waals surface area contributed by atoms with Gasteiger partial charge in [0.1, 0.15) is 0 Å². The number of pyridine rings is 1. The van der Waals surface area contributed by atoms with Crippen LogP contribution in [0, 0.1) is 0 Å². The summed E-state index contributed by atoms with van der Waals surface area (Å²) < 4.78 is 0. The first-order valence-corrected chi connectivity index (χ1v) is 25.4. The maximum Gasteiger partial charge on any atom is 0.253 e. The smallest absolute Gasteiger partial charge is 0.253 e. The number of amides is 2. The van der Waals surface area contributed by atoms with Gasteiger partial charge in [-0.05, 0) is 34.0 Å². The Morgan fingerprint density at radius 3 is 1.28 bits per heavy atom. The molecule has 0 bridgehead atoms. The second-order valence-corrected chi connectivity index (χ2v) is 18.0. The molecule has 0 aliphatic carbocycles. The molecule has 0 spiro atoms. The summed E-state index contributed by atoms with van der Waals surface area (Å²) in [5.74, 6) is -1.01. The van der Waals surface area contributed by atoms with Crippen molar-refractivity contribution < 1.29 is 35.0 Å². The molecule has 9 nitrogen and oxygen atoms in total. The average Bonchev–Trinajstić information content (AvgIpc) is 3.88. The van der Waals surface area contributed by atoms with E-state index >= 15 is 0 Å². The van der Waals surface area contributed by atoms with Gasteiger partial charge >= 0.3 is 0 Å². The minimum Gasteiger partial charge on any atom is -0.279 e. The van der Waals surface area contributed by atoms with Crippen LogP contribution >= 0.6 is 21.6 Å². The van der Waals surface area contributed by atoms with E-state index in [1.54, 1.807) is 10.8 Å². The maximum absolute atomic E-state index is 10.2. The largest absolute Gasteiger partial charge is 0.279 e. The third-order valence-electron chi connectivity index (χ3n) is 10.6. The topological polar surface area (TPSA) is 118 Å². The fourth-order valence-electron chi connectivity index (χ4n) is 7.08. The highest BCUT2D eigenvalue weighted by atomic mass is 33.1. The summed E-state index contributed by atoms with van der Waals surface area (Å²) in [6, 6.07) is 6.04. The highest BCUT2D eigenvalue weighted by molar-refractivity contribution is 8.78. The van der Waals surface area contributed by atoms with E-state index in [0.29, 0.717) is 11.9 Å². The fourth-order valence-corrected chi connectivity index (χ4v) is 9.19. The number of rotatable bonds is 36. The van der Waals surface area contributed by atoms with Crippen LogP contribution < -0.4 is 0 Å². The molecule has 11 heteroatoms. The Hall–Kier alpha value is -1.47. The van der Waals surface area contributed by atoms with Crippen molar-refractivity contribution in [2.45, 2.75) is 230 Å². The highest BCUT2D eigenvalue weighted by Gasteiger charge is 2.26. The lowest BCUT2D eigenvalue weighted by Gasteiger charge is -2.05. The van der Waals surface area contributed by atoms with Crippen molar-refractivity contribution in [2.24, 2.45) is 0 Å². The lowest BCUT2D eigenvalue weighted by Crippen LogP contribution is -2.24. The van der Waals surface area contributed by atoms with E-state index in [-0.39, 0.29) is 17.9 Å². The van der Waals surface area contributed by atoms with Gasteiger partial charge in [0, 0.05) is 19.0 Å². The minimum atomic E-state index is -0.505. The molecular formula is C46H82N2O7S2. The van der Waals surface area contributed by atoms with Gasteiger partial charge in [-0.25, -0.2) is 10.1 Å². The lowest BCUT2D eigenvalue weighted by atomic mass is 10.0. The van der Waals surface area contributed by atoms with E-state index in [9.17, 15) is 9.59 Å². The monoisotopic (exact) mass is 839 g/mol. The van der Waals surface area contributed by atoms with Crippen LogP contribution in [0.25, 0.3) is 0 Å². The van der Waals surface area contributed by atoms with E-state index < -0.39 is 11.8 Å². The van der Waals surface area contributed by atoms with Crippen LogP contribution in [-0.2, 0) is 24.6 Å². The molecule has 1 fully saturated rings. The Morgan fingerprint density at radius 1 is 0.614 bits per heavy atom. The van der Waals surface area contributed by atoms with Crippen molar-refractivity contribution in [1.29, 1.82) is 0 Å². The number of carbonyl (C=O) groups is 2. The number of hydrogen-bond donors (Lipinski definition) is 2. The van der Waals surface area contributed by atoms with Gasteiger partial charge in [0.2, 0.25) is 0 Å². The zero-order chi connectivity index (χ0) is 41.1. The first-order valence-electron chi connectivity index (χ1n) is 23.1. The van der Waals surface area contributed by atoms with Gasteiger partial charge < -0.3 is 0 Å². The Labute approximate surface area is 355 Å². The third-order valence-corrected chi connectivity index (χ3v) is 12.9. The summed E-state index contributed by atoms with van der Waals surface area (Å²) in [5, 5.41) is 26.4. The summed E-state index contributed by atoms with van der Waals surface area (Å²) >= 11 is 0. The molecular weight excluding hydrogens is 757 g/mol. The van der Waals surface area contributed by atoms with Gasteiger partial charge in [-0.3, -0.25) is 19.8 Å². The Morgan fingerprint density at radius 2 is 1.00 bits per heavy atom. The van der Waals surface area contributed by atoms with Crippen molar-refractivity contribution in [3.8, 4) is 0 Å². The van der Waals surface area contributed by atoms with E-state index in [1.165, 1.54) is 193 Å². The van der Waals surface area contributed by atoms with Crippen LogP contribution in [-0.4, -0.2) is 38.9 Å². The molecule has 3 heterocycles. The standard InChI is InChI=1S/C34H70O4.C8H7NS2.C4H5NO3/c1-2-3-4-5-6-7-8-9-10-11-12-13-14-15-16-17-18-19-20-21-22-23-24-25-26-27-28-29-30-31-32-33-34-36-38-37-35;1-2-5-9-7(3-1)8-4-6-10-11-8;6-3-1-2-4(7)5(3)8/h35H,2-34H2,1H3;1-6,8H;8H,1-2H2. The first-order chi connectivity index (χ1) is 28.1. The number of unbranched alkanes of at least 4 members (excludes halogenated alkanes) is 31. The van der Waals surface area contributed by atoms with Gasteiger partial charge in [0.05, 0.1) is 17.6 Å². The summed E-state index contributed by atoms with van der Waals surface area (Å²) in [6.45, 7) is 2.77. The number of nitrogens with zero attached hydrogens (tertiary/aromatic N) is 2. The summed E-state index contributed by atoms with van der Waals surface area (Å²) in [5.41, 5.74) is 1.15. The third kappa shape index (κ3) is 35.0. The molecule has 1 aromatic rings. The number of imide groups is 1. The van der Waals surface area contributed by atoms with E-state index in [4.69, 9.17) is 10.5 Å². The van der Waals surface area contributed by atoms with Gasteiger partial charge in [-0.15, -0.1) is 0 Å². The molecule has 0 saturated carbocycles. The minimum absolute atomic E-state index is 0.148. The number of carbonyl (C=O) groups excluding carboxylic acids is 2. The zero-order valence-corrected chi connectivity index (χ0v) is 37.6. The van der Waals surface area contributed by atoms with Crippen LogP contribution in [0.2, 0.25) is 0 Å². The van der Waals surface area contributed by atoms with Crippen LogP contribution in [0.3, 0.4) is 0 Å². The molecule has 330 valence electrons.